The SMILES string of the molecule is CC1(C(=O)O)CCN(C(=O)c2cc3ccccc3cc2O)C1. The van der Waals surface area contributed by atoms with Crippen LogP contribution in [0.2, 0.25) is 0 Å². The summed E-state index contributed by atoms with van der Waals surface area (Å²) in [6, 6.07) is 10.7. The fourth-order valence-electron chi connectivity index (χ4n) is 2.88. The molecule has 1 saturated heterocycles. The molecule has 2 N–H and O–H groups in total. The topological polar surface area (TPSA) is 77.8 Å². The molecule has 2 aromatic carbocycles. The molecule has 0 bridgehead atoms. The van der Waals surface area contributed by atoms with Crippen LogP contribution in [-0.2, 0) is 4.79 Å². The van der Waals surface area contributed by atoms with Gasteiger partial charge in [0.15, 0.2) is 0 Å². The van der Waals surface area contributed by atoms with Gasteiger partial charge < -0.3 is 15.1 Å². The van der Waals surface area contributed by atoms with Gasteiger partial charge in [0, 0.05) is 13.1 Å². The lowest BCUT2D eigenvalue weighted by atomic mass is 9.90. The van der Waals surface area contributed by atoms with Gasteiger partial charge in [-0.15, -0.1) is 0 Å². The van der Waals surface area contributed by atoms with Gasteiger partial charge >= 0.3 is 5.97 Å². The maximum absolute atomic E-state index is 12.6. The number of hydrogen-bond acceptors (Lipinski definition) is 3. The second-order valence-corrected chi connectivity index (χ2v) is 6.06. The van der Waals surface area contributed by atoms with Crippen LogP contribution in [0.3, 0.4) is 0 Å². The predicted octanol–water partition coefficient (Wildman–Crippen LogP) is 2.48. The lowest BCUT2D eigenvalue weighted by Crippen LogP contribution is -2.34. The Labute approximate surface area is 127 Å². The molecule has 1 fully saturated rings. The minimum absolute atomic E-state index is 0.0763. The molecule has 1 aliphatic rings. The number of hydrogen-bond donors (Lipinski definition) is 2. The quantitative estimate of drug-likeness (QED) is 0.893. The van der Waals surface area contributed by atoms with Crippen molar-refractivity contribution in [3.63, 3.8) is 0 Å². The highest BCUT2D eigenvalue weighted by molar-refractivity contribution is 6.01. The number of carboxylic acids is 1. The third kappa shape index (κ3) is 2.28. The van der Waals surface area contributed by atoms with Gasteiger partial charge in [0.1, 0.15) is 5.75 Å². The molecule has 0 aliphatic carbocycles. The number of likely N-dealkylation sites (tertiary alicyclic amines) is 1. The Balaban J connectivity index is 1.93. The van der Waals surface area contributed by atoms with Crippen molar-refractivity contribution >= 4 is 22.6 Å². The number of rotatable bonds is 2. The van der Waals surface area contributed by atoms with Crippen LogP contribution >= 0.6 is 0 Å². The highest BCUT2D eigenvalue weighted by Crippen LogP contribution is 2.33. The van der Waals surface area contributed by atoms with Gasteiger partial charge in [0.05, 0.1) is 11.0 Å². The first kappa shape index (κ1) is 14.4. The number of phenols is 1. The number of aliphatic carboxylic acids is 1. The van der Waals surface area contributed by atoms with Crippen LogP contribution in [0, 0.1) is 5.41 Å². The molecule has 0 radical (unpaired) electrons. The second-order valence-electron chi connectivity index (χ2n) is 6.06. The summed E-state index contributed by atoms with van der Waals surface area (Å²) in [5, 5.41) is 21.1. The van der Waals surface area contributed by atoms with E-state index >= 15 is 0 Å². The van der Waals surface area contributed by atoms with E-state index < -0.39 is 11.4 Å². The smallest absolute Gasteiger partial charge is 0.311 e. The molecule has 3 rings (SSSR count). The van der Waals surface area contributed by atoms with Gasteiger partial charge in [-0.2, -0.15) is 0 Å². The van der Waals surface area contributed by atoms with Gasteiger partial charge in [-0.3, -0.25) is 9.59 Å². The van der Waals surface area contributed by atoms with E-state index in [1.165, 1.54) is 4.90 Å². The molecule has 1 atom stereocenters. The predicted molar refractivity (Wildman–Crippen MR) is 81.9 cm³/mol. The standard InChI is InChI=1S/C17H17NO4/c1-17(16(21)22)6-7-18(10-17)15(20)13-8-11-4-2-3-5-12(11)9-14(13)19/h2-5,8-9,19H,6-7,10H2,1H3,(H,21,22). The Morgan fingerprint density at radius 1 is 1.18 bits per heavy atom. The molecule has 1 aliphatic heterocycles. The molecular formula is C17H17NO4. The summed E-state index contributed by atoms with van der Waals surface area (Å²) >= 11 is 0. The first-order valence-electron chi connectivity index (χ1n) is 7.15. The molecule has 1 unspecified atom stereocenters. The summed E-state index contributed by atoms with van der Waals surface area (Å²) in [6.07, 6.45) is 0.419. The first-order valence-corrected chi connectivity index (χ1v) is 7.15. The Morgan fingerprint density at radius 2 is 1.82 bits per heavy atom. The monoisotopic (exact) mass is 299 g/mol. The van der Waals surface area contributed by atoms with Crippen LogP contribution in [0.4, 0.5) is 0 Å². The number of carboxylic acid groups (broad SMARTS) is 1. The van der Waals surface area contributed by atoms with Gasteiger partial charge in [0.2, 0.25) is 0 Å². The molecule has 0 spiro atoms. The third-order valence-corrected chi connectivity index (χ3v) is 4.37. The van der Waals surface area contributed by atoms with Crippen LogP contribution in [0.25, 0.3) is 10.8 Å². The molecule has 5 heteroatoms. The maximum atomic E-state index is 12.6. The van der Waals surface area contributed by atoms with E-state index in [0.717, 1.165) is 10.8 Å². The fourth-order valence-corrected chi connectivity index (χ4v) is 2.88. The molecule has 1 heterocycles. The lowest BCUT2D eigenvalue weighted by molar-refractivity contribution is -0.147. The summed E-state index contributed by atoms with van der Waals surface area (Å²) < 4.78 is 0. The number of benzene rings is 2. The van der Waals surface area contributed by atoms with Crippen LogP contribution in [-0.4, -0.2) is 40.1 Å². The van der Waals surface area contributed by atoms with E-state index in [1.54, 1.807) is 19.1 Å². The normalized spacial score (nSPS) is 21.2. The zero-order valence-corrected chi connectivity index (χ0v) is 12.2. The van der Waals surface area contributed by atoms with E-state index in [4.69, 9.17) is 0 Å². The number of amides is 1. The van der Waals surface area contributed by atoms with Crippen molar-refractivity contribution in [2.75, 3.05) is 13.1 Å². The largest absolute Gasteiger partial charge is 0.507 e. The Morgan fingerprint density at radius 3 is 2.41 bits per heavy atom. The van der Waals surface area contributed by atoms with Crippen molar-refractivity contribution in [2.24, 2.45) is 5.41 Å². The maximum Gasteiger partial charge on any atom is 0.311 e. The van der Waals surface area contributed by atoms with Gasteiger partial charge in [-0.1, -0.05) is 24.3 Å². The van der Waals surface area contributed by atoms with Gasteiger partial charge in [-0.05, 0) is 36.2 Å². The van der Waals surface area contributed by atoms with Crippen molar-refractivity contribution in [3.05, 3.63) is 42.0 Å². The highest BCUT2D eigenvalue weighted by atomic mass is 16.4. The number of phenolic OH excluding ortho intramolecular Hbond substituents is 1. The zero-order chi connectivity index (χ0) is 15.9. The minimum Gasteiger partial charge on any atom is -0.507 e. The van der Waals surface area contributed by atoms with E-state index in [0.29, 0.717) is 13.0 Å². The number of nitrogens with zero attached hydrogens (tertiary/aromatic N) is 1. The summed E-state index contributed by atoms with van der Waals surface area (Å²) in [4.78, 5) is 25.4. The van der Waals surface area contributed by atoms with Crippen LogP contribution in [0.1, 0.15) is 23.7 Å². The highest BCUT2D eigenvalue weighted by Gasteiger charge is 2.42. The fraction of sp³-hybridized carbons (Fsp3) is 0.294. The second kappa shape index (κ2) is 5.02. The Kier molecular flexibility index (Phi) is 3.28. The van der Waals surface area contributed by atoms with E-state index in [9.17, 15) is 19.8 Å². The summed E-state index contributed by atoms with van der Waals surface area (Å²) in [5.41, 5.74) is -0.699. The van der Waals surface area contributed by atoms with E-state index in [2.05, 4.69) is 0 Å². The van der Waals surface area contributed by atoms with Crippen molar-refractivity contribution < 1.29 is 19.8 Å². The first-order chi connectivity index (χ1) is 10.4. The van der Waals surface area contributed by atoms with E-state index in [-0.39, 0.29) is 23.8 Å². The molecule has 0 aromatic heterocycles. The van der Waals surface area contributed by atoms with Crippen LogP contribution in [0.15, 0.2) is 36.4 Å². The minimum atomic E-state index is -0.915. The summed E-state index contributed by atoms with van der Waals surface area (Å²) in [5.74, 6) is -1.30. The van der Waals surface area contributed by atoms with Crippen molar-refractivity contribution in [1.82, 2.24) is 4.90 Å². The zero-order valence-electron chi connectivity index (χ0n) is 12.2. The summed E-state index contributed by atoms with van der Waals surface area (Å²) in [7, 11) is 0. The molecule has 5 nitrogen and oxygen atoms in total. The average molecular weight is 299 g/mol. The van der Waals surface area contributed by atoms with Crippen molar-refractivity contribution in [2.45, 2.75) is 13.3 Å². The Bertz CT molecular complexity index is 770. The lowest BCUT2D eigenvalue weighted by Gasteiger charge is -2.20. The number of aromatic hydroxyl groups is 1. The van der Waals surface area contributed by atoms with Crippen molar-refractivity contribution in [3.8, 4) is 5.75 Å². The number of carbonyl (C=O) groups is 2. The third-order valence-electron chi connectivity index (χ3n) is 4.37. The number of carbonyl (C=O) groups excluding carboxylic acids is 1. The van der Waals surface area contributed by atoms with Crippen LogP contribution < -0.4 is 0 Å². The molecule has 22 heavy (non-hydrogen) atoms. The van der Waals surface area contributed by atoms with Gasteiger partial charge in [-0.25, -0.2) is 0 Å². The summed E-state index contributed by atoms with van der Waals surface area (Å²) in [6.45, 7) is 2.18. The van der Waals surface area contributed by atoms with Crippen LogP contribution in [0.5, 0.6) is 5.75 Å². The van der Waals surface area contributed by atoms with E-state index in [1.807, 2.05) is 24.3 Å². The molecule has 114 valence electrons. The molecule has 2 aromatic rings. The molecule has 0 saturated carbocycles. The molecule has 1 amide bonds. The average Bonchev–Trinajstić information content (AvgIpc) is 2.90. The number of fused-ring (bicyclic) bond motifs is 1. The van der Waals surface area contributed by atoms with Crippen molar-refractivity contribution in [1.29, 1.82) is 0 Å². The molecular weight excluding hydrogens is 282 g/mol. The van der Waals surface area contributed by atoms with Gasteiger partial charge in [0.25, 0.3) is 5.91 Å². The Hall–Kier alpha value is -2.56.